The highest BCUT2D eigenvalue weighted by Gasteiger charge is 2.09. The molecule has 2 nitrogen and oxygen atoms in total. The standard InChI is InChI=1S/C8H10O2/c9-5-1-3-8-4-2-6-10-7-8/h5,8H,2,4,6-7H2. The van der Waals surface area contributed by atoms with Crippen LogP contribution in [0.5, 0.6) is 0 Å². The van der Waals surface area contributed by atoms with E-state index in [1.807, 2.05) is 0 Å². The van der Waals surface area contributed by atoms with Gasteiger partial charge in [-0.15, -0.1) is 0 Å². The molecule has 1 fully saturated rings. The van der Waals surface area contributed by atoms with Crippen LogP contribution >= 0.6 is 0 Å². The Morgan fingerprint density at radius 3 is 3.10 bits per heavy atom. The van der Waals surface area contributed by atoms with E-state index in [-0.39, 0.29) is 0 Å². The maximum absolute atomic E-state index is 9.83. The number of carbonyl (C=O) groups is 1. The van der Waals surface area contributed by atoms with Crippen molar-refractivity contribution in [2.45, 2.75) is 12.8 Å². The van der Waals surface area contributed by atoms with Gasteiger partial charge in [-0.05, 0) is 18.8 Å². The van der Waals surface area contributed by atoms with Gasteiger partial charge in [-0.3, -0.25) is 4.79 Å². The minimum atomic E-state index is 0.291. The normalized spacial score (nSPS) is 24.6. The highest BCUT2D eigenvalue weighted by atomic mass is 16.5. The van der Waals surface area contributed by atoms with Crippen molar-refractivity contribution >= 4 is 6.29 Å². The van der Waals surface area contributed by atoms with Gasteiger partial charge in [0.2, 0.25) is 0 Å². The minimum absolute atomic E-state index is 0.291. The molecule has 0 bridgehead atoms. The predicted octanol–water partition coefficient (Wildman–Crippen LogP) is 0.615. The average molecular weight is 138 g/mol. The van der Waals surface area contributed by atoms with E-state index in [1.54, 1.807) is 0 Å². The zero-order valence-electron chi connectivity index (χ0n) is 5.80. The maximum Gasteiger partial charge on any atom is 0.192 e. The number of carbonyl (C=O) groups excluding carboxylic acids is 1. The summed E-state index contributed by atoms with van der Waals surface area (Å²) in [6.07, 6.45) is 2.77. The molecule has 2 heteroatoms. The molecule has 1 heterocycles. The first-order valence-corrected chi connectivity index (χ1v) is 3.46. The summed E-state index contributed by atoms with van der Waals surface area (Å²) in [7, 11) is 0. The summed E-state index contributed by atoms with van der Waals surface area (Å²) in [6, 6.07) is 0. The molecule has 1 rings (SSSR count). The second-order valence-corrected chi connectivity index (χ2v) is 2.32. The van der Waals surface area contributed by atoms with E-state index in [9.17, 15) is 4.79 Å². The first-order chi connectivity index (χ1) is 4.93. The number of hydrogen-bond donors (Lipinski definition) is 0. The second kappa shape index (κ2) is 4.08. The summed E-state index contributed by atoms with van der Waals surface area (Å²) in [6.45, 7) is 1.54. The number of aldehydes is 1. The smallest absolute Gasteiger partial charge is 0.192 e. The molecule has 0 amide bonds. The summed E-state index contributed by atoms with van der Waals surface area (Å²) < 4.78 is 5.16. The van der Waals surface area contributed by atoms with Gasteiger partial charge in [-0.25, -0.2) is 0 Å². The van der Waals surface area contributed by atoms with Crippen molar-refractivity contribution < 1.29 is 9.53 Å². The van der Waals surface area contributed by atoms with Gasteiger partial charge in [0.05, 0.1) is 6.61 Å². The zero-order valence-corrected chi connectivity index (χ0v) is 5.80. The fourth-order valence-corrected chi connectivity index (χ4v) is 1.01. The van der Waals surface area contributed by atoms with Gasteiger partial charge >= 0.3 is 0 Å². The Labute approximate surface area is 60.6 Å². The Kier molecular flexibility index (Phi) is 2.98. The van der Waals surface area contributed by atoms with Crippen LogP contribution in [0.25, 0.3) is 0 Å². The van der Waals surface area contributed by atoms with Crippen LogP contribution in [-0.4, -0.2) is 19.5 Å². The molecule has 0 spiro atoms. The third-order valence-electron chi connectivity index (χ3n) is 1.51. The molecular weight excluding hydrogens is 128 g/mol. The Hall–Kier alpha value is -0.810. The Balaban J connectivity index is 2.32. The topological polar surface area (TPSA) is 26.3 Å². The first-order valence-electron chi connectivity index (χ1n) is 3.46. The quantitative estimate of drug-likeness (QED) is 0.362. The lowest BCUT2D eigenvalue weighted by molar-refractivity contribution is -0.103. The van der Waals surface area contributed by atoms with Crippen molar-refractivity contribution in [3.63, 3.8) is 0 Å². The molecule has 1 aliphatic rings. The summed E-state index contributed by atoms with van der Waals surface area (Å²) in [5.41, 5.74) is 0. The maximum atomic E-state index is 9.83. The van der Waals surface area contributed by atoms with Gasteiger partial charge in [-0.2, -0.15) is 0 Å². The van der Waals surface area contributed by atoms with Crippen LogP contribution in [0.2, 0.25) is 0 Å². The van der Waals surface area contributed by atoms with Gasteiger partial charge in [0, 0.05) is 12.5 Å². The molecule has 0 radical (unpaired) electrons. The zero-order chi connectivity index (χ0) is 7.23. The number of ether oxygens (including phenoxy) is 1. The van der Waals surface area contributed by atoms with E-state index in [0.29, 0.717) is 18.8 Å². The van der Waals surface area contributed by atoms with Crippen molar-refractivity contribution in [3.05, 3.63) is 0 Å². The van der Waals surface area contributed by atoms with Crippen LogP contribution in [0.15, 0.2) is 0 Å². The van der Waals surface area contributed by atoms with Crippen molar-refractivity contribution in [2.24, 2.45) is 5.92 Å². The average Bonchev–Trinajstić information content (AvgIpc) is 2.03. The van der Waals surface area contributed by atoms with Gasteiger partial charge in [0.25, 0.3) is 0 Å². The third kappa shape index (κ3) is 2.20. The van der Waals surface area contributed by atoms with Crippen molar-refractivity contribution in [3.8, 4) is 11.8 Å². The lowest BCUT2D eigenvalue weighted by atomic mass is 10.0. The van der Waals surface area contributed by atoms with Gasteiger partial charge < -0.3 is 4.74 Å². The second-order valence-electron chi connectivity index (χ2n) is 2.32. The molecule has 0 N–H and O–H groups in total. The third-order valence-corrected chi connectivity index (χ3v) is 1.51. The molecule has 0 aromatic rings. The molecule has 1 saturated heterocycles. The van der Waals surface area contributed by atoms with Gasteiger partial charge in [-0.1, -0.05) is 5.92 Å². The lowest BCUT2D eigenvalue weighted by Gasteiger charge is -2.16. The molecule has 1 unspecified atom stereocenters. The SMILES string of the molecule is O=CC#CC1CCCOC1. The van der Waals surface area contributed by atoms with Crippen LogP contribution in [0.4, 0.5) is 0 Å². The molecule has 0 aromatic carbocycles. The lowest BCUT2D eigenvalue weighted by Crippen LogP contribution is -2.15. The van der Waals surface area contributed by atoms with Crippen molar-refractivity contribution in [1.82, 2.24) is 0 Å². The number of rotatable bonds is 0. The molecule has 0 aromatic heterocycles. The van der Waals surface area contributed by atoms with E-state index in [0.717, 1.165) is 19.4 Å². The van der Waals surface area contributed by atoms with E-state index in [2.05, 4.69) is 11.8 Å². The van der Waals surface area contributed by atoms with E-state index < -0.39 is 0 Å². The molecule has 10 heavy (non-hydrogen) atoms. The Morgan fingerprint density at radius 2 is 2.50 bits per heavy atom. The molecule has 0 aliphatic carbocycles. The molecule has 1 aliphatic heterocycles. The van der Waals surface area contributed by atoms with Gasteiger partial charge in [0.15, 0.2) is 6.29 Å². The van der Waals surface area contributed by atoms with Crippen molar-refractivity contribution in [2.75, 3.05) is 13.2 Å². The molecular formula is C8H10O2. The highest BCUT2D eigenvalue weighted by Crippen LogP contribution is 2.11. The van der Waals surface area contributed by atoms with Crippen LogP contribution in [0, 0.1) is 17.8 Å². The van der Waals surface area contributed by atoms with E-state index in [1.165, 1.54) is 0 Å². The van der Waals surface area contributed by atoms with Crippen LogP contribution in [0.3, 0.4) is 0 Å². The fraction of sp³-hybridized carbons (Fsp3) is 0.625. The van der Waals surface area contributed by atoms with Crippen LogP contribution < -0.4 is 0 Å². The summed E-state index contributed by atoms with van der Waals surface area (Å²) >= 11 is 0. The van der Waals surface area contributed by atoms with E-state index in [4.69, 9.17) is 4.74 Å². The first kappa shape index (κ1) is 7.30. The molecule has 1 atom stereocenters. The Bertz CT molecular complexity index is 158. The van der Waals surface area contributed by atoms with Crippen molar-refractivity contribution in [1.29, 1.82) is 0 Å². The number of hydrogen-bond acceptors (Lipinski definition) is 2. The fourth-order valence-electron chi connectivity index (χ4n) is 1.01. The summed E-state index contributed by atoms with van der Waals surface area (Å²) in [5.74, 6) is 5.53. The van der Waals surface area contributed by atoms with E-state index >= 15 is 0 Å². The Morgan fingerprint density at radius 1 is 1.60 bits per heavy atom. The summed E-state index contributed by atoms with van der Waals surface area (Å²) in [4.78, 5) is 9.83. The minimum Gasteiger partial charge on any atom is -0.380 e. The van der Waals surface area contributed by atoms with Gasteiger partial charge in [0.1, 0.15) is 0 Å². The van der Waals surface area contributed by atoms with Crippen LogP contribution in [0.1, 0.15) is 12.8 Å². The largest absolute Gasteiger partial charge is 0.380 e. The predicted molar refractivity (Wildman–Crippen MR) is 37.4 cm³/mol. The highest BCUT2D eigenvalue weighted by molar-refractivity contribution is 5.72. The van der Waals surface area contributed by atoms with Crippen LogP contribution in [-0.2, 0) is 9.53 Å². The molecule has 0 saturated carbocycles. The molecule has 54 valence electrons. The monoisotopic (exact) mass is 138 g/mol. The summed E-state index contributed by atoms with van der Waals surface area (Å²) in [5, 5.41) is 0.